The maximum absolute atomic E-state index is 5.28. The summed E-state index contributed by atoms with van der Waals surface area (Å²) in [5, 5.41) is 3.44. The van der Waals surface area contributed by atoms with Gasteiger partial charge >= 0.3 is 0 Å². The van der Waals surface area contributed by atoms with Crippen molar-refractivity contribution in [2.75, 3.05) is 26.7 Å². The molecule has 0 amide bonds. The molecule has 1 fully saturated rings. The van der Waals surface area contributed by atoms with E-state index in [0.29, 0.717) is 12.5 Å². The Kier molecular flexibility index (Phi) is 8.27. The average molecular weight is 532 g/mol. The molecule has 2 aromatic heterocycles. The van der Waals surface area contributed by atoms with Gasteiger partial charge in [-0.05, 0) is 42.7 Å². The number of methoxy groups -OCH3 is 1. The number of aromatic nitrogens is 3. The first kappa shape index (κ1) is 23.1. The quantitative estimate of drug-likeness (QED) is 0.297. The van der Waals surface area contributed by atoms with Gasteiger partial charge in [0.05, 0.1) is 13.7 Å². The fraction of sp³-hybridized carbons (Fsp3) is 0.348. The predicted molar refractivity (Wildman–Crippen MR) is 134 cm³/mol. The number of hydrogen-bond acceptors (Lipinski definition) is 4. The smallest absolute Gasteiger partial charge is 0.194 e. The molecule has 1 N–H and O–H groups in total. The predicted octanol–water partition coefficient (Wildman–Crippen LogP) is 3.85. The number of nitrogens with one attached hydrogen (secondary N) is 1. The number of nitrogens with zero attached hydrogens (tertiary/aromatic N) is 5. The summed E-state index contributed by atoms with van der Waals surface area (Å²) in [6.45, 7) is 5.52. The van der Waals surface area contributed by atoms with Crippen molar-refractivity contribution in [3.8, 4) is 11.6 Å². The lowest BCUT2D eigenvalue weighted by Gasteiger charge is -2.22. The number of pyridine rings is 1. The number of guanidine groups is 1. The van der Waals surface area contributed by atoms with Gasteiger partial charge in [-0.3, -0.25) is 4.57 Å². The van der Waals surface area contributed by atoms with Crippen molar-refractivity contribution >= 4 is 29.9 Å². The third kappa shape index (κ3) is 5.75. The van der Waals surface area contributed by atoms with Crippen LogP contribution in [0.2, 0.25) is 0 Å². The first-order valence-electron chi connectivity index (χ1n) is 10.4. The van der Waals surface area contributed by atoms with Crippen LogP contribution in [0.15, 0.2) is 66.3 Å². The highest BCUT2D eigenvalue weighted by Gasteiger charge is 2.26. The number of halogens is 1. The monoisotopic (exact) mass is 532 g/mol. The number of hydrogen-bond donors (Lipinski definition) is 1. The topological polar surface area (TPSA) is 67.6 Å². The Morgan fingerprint density at radius 2 is 2.06 bits per heavy atom. The number of ether oxygens (including phenoxy) is 1. The van der Waals surface area contributed by atoms with Crippen LogP contribution in [0.4, 0.5) is 0 Å². The molecular weight excluding hydrogens is 503 g/mol. The minimum atomic E-state index is 0. The van der Waals surface area contributed by atoms with Gasteiger partial charge in [-0.15, -0.1) is 24.0 Å². The Morgan fingerprint density at radius 1 is 1.23 bits per heavy atom. The van der Waals surface area contributed by atoms with Crippen molar-refractivity contribution in [1.29, 1.82) is 0 Å². The van der Waals surface area contributed by atoms with Crippen LogP contribution >= 0.6 is 24.0 Å². The summed E-state index contributed by atoms with van der Waals surface area (Å²) in [7, 11) is 1.70. The molecule has 1 atom stereocenters. The largest absolute Gasteiger partial charge is 0.497 e. The summed E-state index contributed by atoms with van der Waals surface area (Å²) >= 11 is 0. The van der Waals surface area contributed by atoms with E-state index >= 15 is 0 Å². The van der Waals surface area contributed by atoms with Gasteiger partial charge in [0.25, 0.3) is 0 Å². The van der Waals surface area contributed by atoms with Crippen LogP contribution < -0.4 is 10.1 Å². The highest BCUT2D eigenvalue weighted by Crippen LogP contribution is 2.28. The van der Waals surface area contributed by atoms with Crippen LogP contribution in [-0.4, -0.2) is 52.1 Å². The van der Waals surface area contributed by atoms with Crippen molar-refractivity contribution in [2.45, 2.75) is 25.8 Å². The minimum absolute atomic E-state index is 0. The molecular formula is C23H29IN6O. The van der Waals surface area contributed by atoms with Crippen LogP contribution in [0.5, 0.6) is 5.75 Å². The molecule has 7 nitrogen and oxygen atoms in total. The van der Waals surface area contributed by atoms with Crippen molar-refractivity contribution in [1.82, 2.24) is 24.8 Å². The fourth-order valence-corrected chi connectivity index (χ4v) is 3.75. The SMILES string of the molecule is CCNC(=NCc1ccc(-n2ccnc2)nc1)N1CCC(c2ccc(OC)cc2)C1.I. The summed E-state index contributed by atoms with van der Waals surface area (Å²) in [5.74, 6) is 3.23. The fourth-order valence-electron chi connectivity index (χ4n) is 3.75. The first-order valence-corrected chi connectivity index (χ1v) is 10.4. The number of benzene rings is 1. The molecule has 31 heavy (non-hydrogen) atoms. The van der Waals surface area contributed by atoms with Crippen LogP contribution in [0.25, 0.3) is 5.82 Å². The summed E-state index contributed by atoms with van der Waals surface area (Å²) < 4.78 is 7.17. The highest BCUT2D eigenvalue weighted by atomic mass is 127. The molecule has 3 heterocycles. The zero-order valence-corrected chi connectivity index (χ0v) is 20.3. The van der Waals surface area contributed by atoms with Gasteiger partial charge in [0, 0.05) is 44.1 Å². The van der Waals surface area contributed by atoms with Crippen molar-refractivity contribution in [3.05, 3.63) is 72.4 Å². The molecule has 0 aliphatic carbocycles. The molecule has 0 bridgehead atoms. The molecule has 1 unspecified atom stereocenters. The van der Waals surface area contributed by atoms with E-state index in [1.165, 1.54) is 5.56 Å². The number of imidazole rings is 1. The zero-order valence-electron chi connectivity index (χ0n) is 17.9. The van der Waals surface area contributed by atoms with Crippen LogP contribution in [0, 0.1) is 0 Å². The summed E-state index contributed by atoms with van der Waals surface area (Å²) in [5.41, 5.74) is 2.44. The van der Waals surface area contributed by atoms with E-state index < -0.39 is 0 Å². The van der Waals surface area contributed by atoms with Crippen molar-refractivity contribution < 1.29 is 4.74 Å². The summed E-state index contributed by atoms with van der Waals surface area (Å²) in [6, 6.07) is 12.5. The molecule has 164 valence electrons. The van der Waals surface area contributed by atoms with Crippen molar-refractivity contribution in [2.24, 2.45) is 4.99 Å². The second kappa shape index (κ2) is 11.1. The average Bonchev–Trinajstić information content (AvgIpc) is 3.50. The van der Waals surface area contributed by atoms with E-state index in [2.05, 4.69) is 45.3 Å². The van der Waals surface area contributed by atoms with Crippen LogP contribution in [0.3, 0.4) is 0 Å². The molecule has 1 aliphatic rings. The minimum Gasteiger partial charge on any atom is -0.497 e. The molecule has 0 radical (unpaired) electrons. The second-order valence-corrected chi connectivity index (χ2v) is 7.37. The lowest BCUT2D eigenvalue weighted by Crippen LogP contribution is -2.40. The molecule has 8 heteroatoms. The van der Waals surface area contributed by atoms with Gasteiger partial charge < -0.3 is 15.0 Å². The normalized spacial score (nSPS) is 16.1. The molecule has 0 saturated carbocycles. The standard InChI is InChI=1S/C23H28N6O.HI/c1-3-25-23(27-15-18-4-9-22(26-14-18)29-13-11-24-17-29)28-12-10-20(16-28)19-5-7-21(30-2)8-6-19;/h4-9,11,13-14,17,20H,3,10,12,15-16H2,1-2H3,(H,25,27);1H. The van der Waals surface area contributed by atoms with Gasteiger partial charge in [0.2, 0.25) is 0 Å². The Morgan fingerprint density at radius 3 is 2.71 bits per heavy atom. The number of rotatable bonds is 6. The lowest BCUT2D eigenvalue weighted by atomic mass is 9.98. The van der Waals surface area contributed by atoms with E-state index in [0.717, 1.165) is 49.1 Å². The Hall–Kier alpha value is -2.62. The molecule has 1 saturated heterocycles. The van der Waals surface area contributed by atoms with Gasteiger partial charge in [-0.25, -0.2) is 15.0 Å². The Labute approximate surface area is 200 Å². The molecule has 4 rings (SSSR count). The van der Waals surface area contributed by atoms with E-state index in [1.54, 1.807) is 19.6 Å². The number of aliphatic imine (C=N–C) groups is 1. The highest BCUT2D eigenvalue weighted by molar-refractivity contribution is 14.0. The molecule has 1 aromatic carbocycles. The second-order valence-electron chi connectivity index (χ2n) is 7.37. The molecule has 1 aliphatic heterocycles. The van der Waals surface area contributed by atoms with E-state index in [-0.39, 0.29) is 24.0 Å². The molecule has 0 spiro atoms. The van der Waals surface area contributed by atoms with Crippen LogP contribution in [-0.2, 0) is 6.54 Å². The zero-order chi connectivity index (χ0) is 20.8. The van der Waals surface area contributed by atoms with Gasteiger partial charge in [-0.1, -0.05) is 18.2 Å². The Bertz CT molecular complexity index is 957. The van der Waals surface area contributed by atoms with Gasteiger partial charge in [0.15, 0.2) is 5.96 Å². The maximum atomic E-state index is 5.28. The summed E-state index contributed by atoms with van der Waals surface area (Å²) in [6.07, 6.45) is 8.38. The molecule has 3 aromatic rings. The maximum Gasteiger partial charge on any atom is 0.194 e. The number of likely N-dealkylation sites (tertiary alicyclic amines) is 1. The third-order valence-electron chi connectivity index (χ3n) is 5.40. The summed E-state index contributed by atoms with van der Waals surface area (Å²) in [4.78, 5) is 15.8. The van der Waals surface area contributed by atoms with E-state index in [1.807, 2.05) is 35.2 Å². The Balaban J connectivity index is 0.00000272. The van der Waals surface area contributed by atoms with E-state index in [9.17, 15) is 0 Å². The first-order chi connectivity index (χ1) is 14.8. The lowest BCUT2D eigenvalue weighted by molar-refractivity contribution is 0.414. The van der Waals surface area contributed by atoms with Crippen LogP contribution in [0.1, 0.15) is 30.4 Å². The van der Waals surface area contributed by atoms with E-state index in [4.69, 9.17) is 9.73 Å². The van der Waals surface area contributed by atoms with Gasteiger partial charge in [-0.2, -0.15) is 0 Å². The van der Waals surface area contributed by atoms with Gasteiger partial charge in [0.1, 0.15) is 17.9 Å². The third-order valence-corrected chi connectivity index (χ3v) is 5.40. The van der Waals surface area contributed by atoms with Crippen molar-refractivity contribution in [3.63, 3.8) is 0 Å².